The number of hydrogen-bond donors (Lipinski definition) is 3. The van der Waals surface area contributed by atoms with E-state index in [1.165, 1.54) is 43.5 Å². The second kappa shape index (κ2) is 16.0. The Kier molecular flexibility index (Phi) is 12.1. The standard InChI is InChI=1S/C17H15NO5.C9H13NO2.C8H4O4.CH4/c1-22-11-7-6-10(14(8-11)23-2)9-18-16(20)12-4-3-5-13(19)15(12)17(18)21;1-11-8-4-3-7(6-10)9(5-8)12-2;9-5-3-1-2-4-6(5)8(11)12-7(4)10;/h3-8,19H,9H2,1-2H3;3-5H,6,10H2,1-2H3;1-3,9H;1H4. The topological polar surface area (TPSA) is 184 Å². The Labute approximate surface area is 277 Å². The van der Waals surface area contributed by atoms with Crippen molar-refractivity contribution < 1.29 is 53.1 Å². The molecular weight excluding hydrogens is 624 g/mol. The maximum atomic E-state index is 12.4. The first kappa shape index (κ1) is 36.4. The zero-order chi connectivity index (χ0) is 34.2. The SMILES string of the molecule is C.COc1ccc(CN)c(OC)c1.COc1ccc(CN2C(=O)c3cccc(O)c3C2=O)c(OC)c1.O=C1OC(=O)c2c(O)cccc21. The van der Waals surface area contributed by atoms with Gasteiger partial charge in [0.2, 0.25) is 0 Å². The molecule has 0 saturated heterocycles. The predicted octanol–water partition coefficient (Wildman–Crippen LogP) is 4.71. The third-order valence-electron chi connectivity index (χ3n) is 7.17. The normalized spacial score (nSPS) is 12.3. The Balaban J connectivity index is 0.000000212. The van der Waals surface area contributed by atoms with Crippen LogP contribution in [0.25, 0.3) is 0 Å². The molecule has 0 saturated carbocycles. The minimum absolute atomic E-state index is 0. The smallest absolute Gasteiger partial charge is 0.350 e. The third-order valence-corrected chi connectivity index (χ3v) is 7.17. The minimum Gasteiger partial charge on any atom is -0.507 e. The zero-order valence-electron chi connectivity index (χ0n) is 25.9. The van der Waals surface area contributed by atoms with E-state index in [1.807, 2.05) is 18.2 Å². The van der Waals surface area contributed by atoms with Gasteiger partial charge in [-0.2, -0.15) is 0 Å². The molecule has 13 heteroatoms. The third kappa shape index (κ3) is 7.48. The van der Waals surface area contributed by atoms with Crippen LogP contribution in [-0.2, 0) is 17.8 Å². The molecule has 48 heavy (non-hydrogen) atoms. The average molecular weight is 661 g/mol. The van der Waals surface area contributed by atoms with Crippen LogP contribution >= 0.6 is 0 Å². The molecule has 0 radical (unpaired) electrons. The lowest BCUT2D eigenvalue weighted by Gasteiger charge is -2.16. The fraction of sp³-hybridized carbons (Fsp3) is 0.200. The number of aromatic hydroxyl groups is 2. The van der Waals surface area contributed by atoms with Crippen molar-refractivity contribution in [2.75, 3.05) is 28.4 Å². The number of fused-ring (bicyclic) bond motifs is 2. The first-order valence-electron chi connectivity index (χ1n) is 14.0. The Morgan fingerprint density at radius 1 is 0.646 bits per heavy atom. The highest BCUT2D eigenvalue weighted by atomic mass is 16.6. The van der Waals surface area contributed by atoms with Crippen molar-refractivity contribution in [1.82, 2.24) is 4.90 Å². The number of rotatable bonds is 7. The molecule has 4 N–H and O–H groups in total. The molecule has 0 bridgehead atoms. The van der Waals surface area contributed by atoms with Gasteiger partial charge in [-0.15, -0.1) is 0 Å². The number of nitrogens with two attached hydrogens (primary N) is 1. The number of carbonyl (C=O) groups is 4. The average Bonchev–Trinajstić information content (AvgIpc) is 3.52. The van der Waals surface area contributed by atoms with Gasteiger partial charge >= 0.3 is 11.9 Å². The van der Waals surface area contributed by atoms with Gasteiger partial charge in [0.05, 0.1) is 51.7 Å². The van der Waals surface area contributed by atoms with E-state index in [9.17, 15) is 24.3 Å². The van der Waals surface area contributed by atoms with Gasteiger partial charge in [0, 0.05) is 29.8 Å². The molecule has 0 aromatic heterocycles. The summed E-state index contributed by atoms with van der Waals surface area (Å²) in [6.45, 7) is 0.534. The number of amides is 2. The maximum Gasteiger partial charge on any atom is 0.350 e. The van der Waals surface area contributed by atoms with E-state index in [0.717, 1.165) is 22.0 Å². The molecule has 4 aromatic rings. The predicted molar refractivity (Wildman–Crippen MR) is 174 cm³/mol. The highest BCUT2D eigenvalue weighted by Crippen LogP contribution is 2.33. The van der Waals surface area contributed by atoms with E-state index in [-0.39, 0.29) is 47.7 Å². The number of methoxy groups -OCH3 is 4. The van der Waals surface area contributed by atoms with Crippen molar-refractivity contribution in [3.8, 4) is 34.5 Å². The summed E-state index contributed by atoms with van der Waals surface area (Å²) in [5.41, 5.74) is 7.49. The van der Waals surface area contributed by atoms with Crippen molar-refractivity contribution in [2.24, 2.45) is 5.73 Å². The minimum atomic E-state index is -0.784. The van der Waals surface area contributed by atoms with Crippen LogP contribution in [0.2, 0.25) is 0 Å². The van der Waals surface area contributed by atoms with Crippen LogP contribution in [0.15, 0.2) is 72.8 Å². The number of cyclic esters (lactones) is 2. The number of esters is 2. The number of carbonyl (C=O) groups excluding carboxylic acids is 4. The monoisotopic (exact) mass is 660 g/mol. The van der Waals surface area contributed by atoms with E-state index in [2.05, 4.69) is 4.74 Å². The van der Waals surface area contributed by atoms with Crippen molar-refractivity contribution in [1.29, 1.82) is 0 Å². The number of phenolic OH excluding ortho intramolecular Hbond substituents is 2. The number of nitrogens with zero attached hydrogens (tertiary/aromatic N) is 1. The Hall–Kier alpha value is -6.08. The molecule has 4 aromatic carbocycles. The first-order chi connectivity index (χ1) is 22.6. The van der Waals surface area contributed by atoms with Crippen molar-refractivity contribution in [3.63, 3.8) is 0 Å². The fourth-order valence-electron chi connectivity index (χ4n) is 4.75. The summed E-state index contributed by atoms with van der Waals surface area (Å²) in [6, 6.07) is 19.4. The summed E-state index contributed by atoms with van der Waals surface area (Å²) in [6.07, 6.45) is 0. The van der Waals surface area contributed by atoms with Gasteiger partial charge in [0.25, 0.3) is 11.8 Å². The van der Waals surface area contributed by atoms with E-state index in [1.54, 1.807) is 39.5 Å². The number of phenols is 2. The second-order valence-corrected chi connectivity index (χ2v) is 9.83. The Morgan fingerprint density at radius 2 is 1.17 bits per heavy atom. The molecule has 2 aliphatic heterocycles. The van der Waals surface area contributed by atoms with Crippen molar-refractivity contribution in [2.45, 2.75) is 20.5 Å². The van der Waals surface area contributed by atoms with E-state index in [4.69, 9.17) is 29.8 Å². The van der Waals surface area contributed by atoms with Gasteiger partial charge < -0.3 is 39.6 Å². The molecule has 0 unspecified atom stereocenters. The summed E-state index contributed by atoms with van der Waals surface area (Å²) in [4.78, 5) is 47.7. The summed E-state index contributed by atoms with van der Waals surface area (Å²) in [7, 11) is 6.29. The number of ether oxygens (including phenoxy) is 5. The molecule has 2 amide bonds. The van der Waals surface area contributed by atoms with Gasteiger partial charge in [-0.05, 0) is 42.5 Å². The first-order valence-corrected chi connectivity index (χ1v) is 14.0. The lowest BCUT2D eigenvalue weighted by atomic mass is 10.1. The fourth-order valence-corrected chi connectivity index (χ4v) is 4.75. The van der Waals surface area contributed by atoms with Crippen LogP contribution in [0.5, 0.6) is 34.5 Å². The summed E-state index contributed by atoms with van der Waals surface area (Å²) >= 11 is 0. The lowest BCUT2D eigenvalue weighted by Crippen LogP contribution is -2.29. The van der Waals surface area contributed by atoms with Crippen molar-refractivity contribution in [3.05, 3.63) is 106 Å². The van der Waals surface area contributed by atoms with Gasteiger partial charge in [-0.3, -0.25) is 14.5 Å². The Bertz CT molecular complexity index is 1840. The molecule has 13 nitrogen and oxygen atoms in total. The Morgan fingerprint density at radius 3 is 1.67 bits per heavy atom. The molecule has 2 heterocycles. The van der Waals surface area contributed by atoms with Crippen LogP contribution in [0.1, 0.15) is 60.0 Å². The van der Waals surface area contributed by atoms with Gasteiger partial charge in [0.1, 0.15) is 40.1 Å². The second-order valence-electron chi connectivity index (χ2n) is 9.83. The van der Waals surface area contributed by atoms with Crippen LogP contribution in [-0.4, -0.2) is 67.3 Å². The quantitative estimate of drug-likeness (QED) is 0.141. The number of benzene rings is 4. The van der Waals surface area contributed by atoms with Crippen LogP contribution in [0.3, 0.4) is 0 Å². The summed E-state index contributed by atoms with van der Waals surface area (Å²) < 4.78 is 24.8. The number of hydrogen-bond acceptors (Lipinski definition) is 12. The van der Waals surface area contributed by atoms with Gasteiger partial charge in [0.15, 0.2) is 0 Å². The molecule has 0 atom stereocenters. The van der Waals surface area contributed by atoms with Gasteiger partial charge in [-0.25, -0.2) is 9.59 Å². The van der Waals surface area contributed by atoms with Gasteiger partial charge in [-0.1, -0.05) is 25.6 Å². The largest absolute Gasteiger partial charge is 0.507 e. The van der Waals surface area contributed by atoms with Crippen LogP contribution in [0.4, 0.5) is 0 Å². The molecule has 252 valence electrons. The van der Waals surface area contributed by atoms with Crippen LogP contribution < -0.4 is 24.7 Å². The molecule has 0 fully saturated rings. The summed E-state index contributed by atoms with van der Waals surface area (Å²) in [5.74, 6) is -0.149. The molecule has 2 aliphatic rings. The lowest BCUT2D eigenvalue weighted by molar-refractivity contribution is 0.0441. The molecular formula is C35H36N2O11. The van der Waals surface area contributed by atoms with E-state index >= 15 is 0 Å². The molecule has 0 aliphatic carbocycles. The zero-order valence-corrected chi connectivity index (χ0v) is 25.9. The summed E-state index contributed by atoms with van der Waals surface area (Å²) in [5, 5.41) is 19.0. The maximum absolute atomic E-state index is 12.4. The number of imide groups is 1. The molecule has 0 spiro atoms. The highest BCUT2D eigenvalue weighted by molar-refractivity contribution is 6.22. The molecule has 6 rings (SSSR count). The van der Waals surface area contributed by atoms with E-state index < -0.39 is 23.8 Å². The highest BCUT2D eigenvalue weighted by Gasteiger charge is 2.38. The van der Waals surface area contributed by atoms with Crippen molar-refractivity contribution >= 4 is 23.8 Å². The van der Waals surface area contributed by atoms with E-state index in [0.29, 0.717) is 23.6 Å². The van der Waals surface area contributed by atoms with Crippen LogP contribution in [0, 0.1) is 0 Å².